The van der Waals surface area contributed by atoms with Crippen LogP contribution in [-0.4, -0.2) is 119 Å². The Hall–Kier alpha value is -3.36. The van der Waals surface area contributed by atoms with E-state index in [2.05, 4.69) is 72.2 Å². The van der Waals surface area contributed by atoms with Gasteiger partial charge < -0.3 is 49.4 Å². The van der Waals surface area contributed by atoms with Gasteiger partial charge in [-0.05, 0) is 44.5 Å². The molecule has 0 spiro atoms. The molecule has 4 aromatic carbocycles. The minimum Gasteiger partial charge on any atom is -0.378 e. The molecule has 0 atom stereocenters. The van der Waals surface area contributed by atoms with Gasteiger partial charge in [0.2, 0.25) is 0 Å². The van der Waals surface area contributed by atoms with Crippen molar-refractivity contribution in [2.45, 2.75) is 0 Å². The second kappa shape index (κ2) is 23.1. The molecule has 0 aliphatic carbocycles. The maximum absolute atomic E-state index is 5.65. The Kier molecular flexibility index (Phi) is 18.0. The molecule has 0 aromatic heterocycles. The van der Waals surface area contributed by atoms with E-state index >= 15 is 0 Å². The number of hydrogen-bond acceptors (Lipinski definition) is 10. The highest BCUT2D eigenvalue weighted by Crippen LogP contribution is 2.37. The molecule has 0 unspecified atom stereocenters. The molecule has 4 N–H and O–H groups in total. The second-order valence-electron chi connectivity index (χ2n) is 10.6. The summed E-state index contributed by atoms with van der Waals surface area (Å²) >= 11 is 0. The van der Waals surface area contributed by atoms with E-state index in [9.17, 15) is 0 Å². The van der Waals surface area contributed by atoms with E-state index in [1.165, 1.54) is 21.5 Å². The van der Waals surface area contributed by atoms with Crippen molar-refractivity contribution < 1.29 is 37.9 Å². The first-order valence-corrected chi connectivity index (χ1v) is 16.5. The van der Waals surface area contributed by atoms with Gasteiger partial charge >= 0.3 is 0 Å². The number of nitrogens with two attached hydrogens (primary N) is 2. The summed E-state index contributed by atoms with van der Waals surface area (Å²) in [6.45, 7) is 8.92. The monoisotopic (exact) mass is 660 g/mol. The van der Waals surface area contributed by atoms with Crippen LogP contribution in [0.15, 0.2) is 48.5 Å². The molecule has 0 aliphatic rings. The summed E-state index contributed by atoms with van der Waals surface area (Å²) in [5, 5.41) is 6.98. The predicted molar refractivity (Wildman–Crippen MR) is 189 cm³/mol. The average molecular weight is 661 g/mol. The minimum absolute atomic E-state index is 0.328. The second-order valence-corrected chi connectivity index (χ2v) is 10.6. The molecule has 10 heteroatoms. The summed E-state index contributed by atoms with van der Waals surface area (Å²) in [4.78, 5) is 0. The topological polar surface area (TPSA) is 126 Å². The summed E-state index contributed by atoms with van der Waals surface area (Å²) in [5.41, 5.74) is 12.7. The molecule has 10 nitrogen and oxygen atoms in total. The zero-order chi connectivity index (χ0) is 33.5. The molecule has 258 valence electrons. The molecule has 0 fully saturated rings. The number of ether oxygens (including phenoxy) is 8. The molecule has 0 radical (unpaired) electrons. The fourth-order valence-electron chi connectivity index (χ4n) is 5.01. The molecule has 0 amide bonds. The zero-order valence-electron chi connectivity index (χ0n) is 27.8. The van der Waals surface area contributed by atoms with Crippen LogP contribution in [0.2, 0.25) is 0 Å². The van der Waals surface area contributed by atoms with Crippen LogP contribution in [0.3, 0.4) is 0 Å². The van der Waals surface area contributed by atoms with Gasteiger partial charge in [-0.3, -0.25) is 0 Å². The van der Waals surface area contributed by atoms with Crippen LogP contribution in [0.25, 0.3) is 32.3 Å². The smallest absolute Gasteiger partial charge is 0.108 e. The average Bonchev–Trinajstić information content (AvgIpc) is 3.11. The molecule has 4 aromatic rings. The van der Waals surface area contributed by atoms with Crippen molar-refractivity contribution in [3.8, 4) is 23.7 Å². The van der Waals surface area contributed by atoms with Crippen molar-refractivity contribution in [1.82, 2.24) is 0 Å². The van der Waals surface area contributed by atoms with Gasteiger partial charge in [0.05, 0.1) is 92.5 Å². The maximum Gasteiger partial charge on any atom is 0.108 e. The van der Waals surface area contributed by atoms with E-state index in [1.54, 1.807) is 0 Å². The lowest BCUT2D eigenvalue weighted by Crippen LogP contribution is -2.14. The molecule has 0 aliphatic heterocycles. The van der Waals surface area contributed by atoms with Crippen LogP contribution in [-0.2, 0) is 37.9 Å². The van der Waals surface area contributed by atoms with Crippen molar-refractivity contribution in [3.05, 3.63) is 59.7 Å². The highest BCUT2D eigenvalue weighted by atomic mass is 16.6. The first-order chi connectivity index (χ1) is 23.8. The molecule has 0 saturated heterocycles. The highest BCUT2D eigenvalue weighted by Gasteiger charge is 2.12. The molecule has 0 saturated carbocycles. The van der Waals surface area contributed by atoms with Gasteiger partial charge in [-0.2, -0.15) is 0 Å². The van der Waals surface area contributed by atoms with Crippen LogP contribution in [0.5, 0.6) is 0 Å². The highest BCUT2D eigenvalue weighted by molar-refractivity contribution is 6.24. The van der Waals surface area contributed by atoms with Crippen LogP contribution in [0.4, 0.5) is 0 Å². The summed E-state index contributed by atoms with van der Waals surface area (Å²) in [5.74, 6) is 12.9. The Bertz CT molecular complexity index is 1490. The molecular weight excluding hydrogens is 612 g/mol. The molecule has 0 bridgehead atoms. The molecule has 48 heavy (non-hydrogen) atoms. The summed E-state index contributed by atoms with van der Waals surface area (Å²) in [7, 11) is 0. The van der Waals surface area contributed by atoms with Gasteiger partial charge in [-0.25, -0.2) is 0 Å². The third-order valence-corrected chi connectivity index (χ3v) is 7.22. The van der Waals surface area contributed by atoms with E-state index in [0.29, 0.717) is 119 Å². The summed E-state index contributed by atoms with van der Waals surface area (Å²) < 4.78 is 43.8. The number of hydrogen-bond donors (Lipinski definition) is 2. The van der Waals surface area contributed by atoms with E-state index in [4.69, 9.17) is 49.4 Å². The Labute approximate surface area is 283 Å². The molecule has 0 heterocycles. The van der Waals surface area contributed by atoms with Crippen LogP contribution < -0.4 is 11.5 Å². The third kappa shape index (κ3) is 12.6. The van der Waals surface area contributed by atoms with E-state index in [-0.39, 0.29) is 0 Å². The van der Waals surface area contributed by atoms with E-state index in [0.717, 1.165) is 21.9 Å². The SMILES string of the molecule is NCCOCCOCCOCCOCC#Cc1ccc2ccc3c(C#CCOCCOCCOCCOCCN)ccc4ccc1c2c43. The lowest BCUT2D eigenvalue weighted by Gasteiger charge is -2.13. The van der Waals surface area contributed by atoms with E-state index < -0.39 is 0 Å². The van der Waals surface area contributed by atoms with Crippen molar-refractivity contribution in [3.63, 3.8) is 0 Å². The van der Waals surface area contributed by atoms with Crippen LogP contribution in [0.1, 0.15) is 11.1 Å². The van der Waals surface area contributed by atoms with Crippen molar-refractivity contribution in [2.24, 2.45) is 11.5 Å². The van der Waals surface area contributed by atoms with Crippen molar-refractivity contribution >= 4 is 32.3 Å². The largest absolute Gasteiger partial charge is 0.378 e. The first-order valence-electron chi connectivity index (χ1n) is 16.5. The molecule has 4 rings (SSSR count). The lowest BCUT2D eigenvalue weighted by molar-refractivity contribution is 0.00223. The van der Waals surface area contributed by atoms with Crippen LogP contribution >= 0.6 is 0 Å². The Morgan fingerprint density at radius 1 is 0.375 bits per heavy atom. The zero-order valence-corrected chi connectivity index (χ0v) is 27.8. The Morgan fingerprint density at radius 2 is 0.688 bits per heavy atom. The minimum atomic E-state index is 0.328. The maximum atomic E-state index is 5.65. The van der Waals surface area contributed by atoms with Gasteiger partial charge in [-0.15, -0.1) is 0 Å². The van der Waals surface area contributed by atoms with Crippen molar-refractivity contribution in [2.75, 3.05) is 119 Å². The quantitative estimate of drug-likeness (QED) is 0.0657. The summed E-state index contributed by atoms with van der Waals surface area (Å²) in [6, 6.07) is 17.0. The lowest BCUT2D eigenvalue weighted by atomic mass is 9.90. The fraction of sp³-hybridized carbons (Fsp3) is 0.474. The van der Waals surface area contributed by atoms with E-state index in [1.807, 2.05) is 0 Å². The van der Waals surface area contributed by atoms with Gasteiger partial charge in [0, 0.05) is 24.2 Å². The number of benzene rings is 4. The fourth-order valence-corrected chi connectivity index (χ4v) is 5.01. The first kappa shape index (κ1) is 37.5. The van der Waals surface area contributed by atoms with Gasteiger partial charge in [-0.1, -0.05) is 60.1 Å². The Balaban J connectivity index is 1.22. The van der Waals surface area contributed by atoms with Crippen LogP contribution in [0, 0.1) is 23.7 Å². The van der Waals surface area contributed by atoms with Gasteiger partial charge in [0.25, 0.3) is 0 Å². The van der Waals surface area contributed by atoms with Crippen molar-refractivity contribution in [1.29, 1.82) is 0 Å². The van der Waals surface area contributed by atoms with Gasteiger partial charge in [0.15, 0.2) is 0 Å². The summed E-state index contributed by atoms with van der Waals surface area (Å²) in [6.07, 6.45) is 0. The Morgan fingerprint density at radius 3 is 1.04 bits per heavy atom. The van der Waals surface area contributed by atoms with Gasteiger partial charge in [0.1, 0.15) is 13.2 Å². The third-order valence-electron chi connectivity index (χ3n) is 7.22. The number of rotatable bonds is 24. The predicted octanol–water partition coefficient (Wildman–Crippen LogP) is 3.34. The molecular formula is C38H48N2O8. The normalized spacial score (nSPS) is 11.3. The standard InChI is InChI=1S/C38H48N2O8/c39-13-17-43-21-25-47-29-27-45-23-19-41-15-1-3-31-5-7-33-10-12-36-32(6-8-34-9-11-35(31)37(33)38(34)36)4-2-16-42-20-24-46-28-30-48-26-22-44-18-14-40/h5-12H,13-30,39-40H2.